The summed E-state index contributed by atoms with van der Waals surface area (Å²) in [5.41, 5.74) is 7.32. The normalized spacial score (nSPS) is 11.8. The highest BCUT2D eigenvalue weighted by atomic mass is 15.1. The van der Waals surface area contributed by atoms with Crippen molar-refractivity contribution in [3.05, 3.63) is 134 Å². The van der Waals surface area contributed by atoms with Gasteiger partial charge in [0.05, 0.1) is 27.6 Å². The maximum absolute atomic E-state index is 5.14. The molecule has 5 aromatic carbocycles. The summed E-state index contributed by atoms with van der Waals surface area (Å²) < 4.78 is 4.65. The Morgan fingerprint density at radius 3 is 1.95 bits per heavy atom. The number of aromatic nitrogens is 6. The fourth-order valence-corrected chi connectivity index (χ4v) is 6.44. The van der Waals surface area contributed by atoms with Gasteiger partial charge in [-0.1, -0.05) is 84.9 Å². The number of hydrogen-bond donors (Lipinski definition) is 0. The minimum absolute atomic E-state index is 0.682. The van der Waals surface area contributed by atoms with Crippen molar-refractivity contribution < 1.29 is 0 Å². The molecule has 0 fully saturated rings. The number of nitrogens with zero attached hydrogens (tertiary/aromatic N) is 6. The van der Waals surface area contributed by atoms with E-state index in [9.17, 15) is 0 Å². The molecule has 0 aliphatic heterocycles. The molecule has 42 heavy (non-hydrogen) atoms. The summed E-state index contributed by atoms with van der Waals surface area (Å²) in [5, 5.41) is 5.50. The molecule has 0 aliphatic rings. The lowest BCUT2D eigenvalue weighted by Gasteiger charge is -2.13. The second-order valence-corrected chi connectivity index (χ2v) is 10.4. The third kappa shape index (κ3) is 3.14. The van der Waals surface area contributed by atoms with E-state index in [1.54, 1.807) is 6.33 Å². The Morgan fingerprint density at radius 2 is 1.17 bits per heavy atom. The van der Waals surface area contributed by atoms with Gasteiger partial charge in [-0.3, -0.25) is 4.57 Å². The van der Waals surface area contributed by atoms with E-state index in [4.69, 9.17) is 9.97 Å². The van der Waals surface area contributed by atoms with E-state index in [1.165, 1.54) is 0 Å². The Morgan fingerprint density at radius 1 is 0.524 bits per heavy atom. The zero-order valence-corrected chi connectivity index (χ0v) is 22.4. The fraction of sp³-hybridized carbons (Fsp3) is 0. The van der Waals surface area contributed by atoms with Gasteiger partial charge in [-0.05, 0) is 30.3 Å². The first-order chi connectivity index (χ1) is 20.9. The molecule has 0 N–H and O–H groups in total. The van der Waals surface area contributed by atoms with Gasteiger partial charge < -0.3 is 4.57 Å². The van der Waals surface area contributed by atoms with Crippen molar-refractivity contribution in [2.75, 3.05) is 0 Å². The van der Waals surface area contributed by atoms with Crippen molar-refractivity contribution in [2.24, 2.45) is 0 Å². The van der Waals surface area contributed by atoms with Crippen molar-refractivity contribution in [3.63, 3.8) is 0 Å². The first kappa shape index (κ1) is 22.9. The summed E-state index contributed by atoms with van der Waals surface area (Å²) in [7, 11) is 0. The second kappa shape index (κ2) is 8.81. The number of hydrogen-bond acceptors (Lipinski definition) is 4. The highest BCUT2D eigenvalue weighted by molar-refractivity contribution is 6.35. The molecule has 0 unspecified atom stereocenters. The third-order valence-corrected chi connectivity index (χ3v) is 8.11. The Labute approximate surface area is 240 Å². The van der Waals surface area contributed by atoms with Crippen molar-refractivity contribution in [1.29, 1.82) is 0 Å². The van der Waals surface area contributed by atoms with E-state index in [0.717, 1.165) is 71.6 Å². The Balaban J connectivity index is 1.57. The van der Waals surface area contributed by atoms with Crippen molar-refractivity contribution in [3.8, 4) is 22.9 Å². The monoisotopic (exact) mass is 538 g/mol. The summed E-state index contributed by atoms with van der Waals surface area (Å²) in [6.45, 7) is 0. The molecule has 9 aromatic rings. The largest absolute Gasteiger partial charge is 0.307 e. The predicted octanol–water partition coefficient (Wildman–Crippen LogP) is 8.28. The van der Waals surface area contributed by atoms with Crippen LogP contribution in [0, 0.1) is 0 Å². The van der Waals surface area contributed by atoms with Gasteiger partial charge in [0.25, 0.3) is 0 Å². The van der Waals surface area contributed by atoms with Gasteiger partial charge >= 0.3 is 0 Å². The van der Waals surface area contributed by atoms with Crippen molar-refractivity contribution in [1.82, 2.24) is 29.1 Å². The highest BCUT2D eigenvalue weighted by Crippen LogP contribution is 2.45. The predicted molar refractivity (Wildman–Crippen MR) is 169 cm³/mol. The molecule has 6 nitrogen and oxygen atoms in total. The lowest BCUT2D eigenvalue weighted by molar-refractivity contribution is 1.04. The van der Waals surface area contributed by atoms with E-state index < -0.39 is 0 Å². The van der Waals surface area contributed by atoms with Gasteiger partial charge in [0.2, 0.25) is 0 Å². The molecule has 4 heterocycles. The van der Waals surface area contributed by atoms with Crippen LogP contribution in [0.2, 0.25) is 0 Å². The highest BCUT2D eigenvalue weighted by Gasteiger charge is 2.25. The molecule has 0 bridgehead atoms. The molecule has 0 saturated heterocycles. The molecule has 0 atom stereocenters. The van der Waals surface area contributed by atoms with E-state index >= 15 is 0 Å². The van der Waals surface area contributed by atoms with Crippen LogP contribution in [0.1, 0.15) is 0 Å². The van der Waals surface area contributed by atoms with Crippen LogP contribution >= 0.6 is 0 Å². The molecule has 0 amide bonds. The summed E-state index contributed by atoms with van der Waals surface area (Å²) >= 11 is 0. The zero-order chi connectivity index (χ0) is 27.6. The summed E-state index contributed by atoms with van der Waals surface area (Å²) in [5.74, 6) is 1.48. The molecule has 0 aliphatic carbocycles. The molecule has 4 aromatic heterocycles. The van der Waals surface area contributed by atoms with Gasteiger partial charge in [0.1, 0.15) is 12.1 Å². The molecular weight excluding hydrogens is 516 g/mol. The number of para-hydroxylation sites is 3. The van der Waals surface area contributed by atoms with Crippen LogP contribution in [0.3, 0.4) is 0 Å². The Hall–Kier alpha value is -5.88. The van der Waals surface area contributed by atoms with Crippen molar-refractivity contribution >= 4 is 54.5 Å². The van der Waals surface area contributed by atoms with Crippen LogP contribution in [0.4, 0.5) is 0 Å². The lowest BCUT2D eigenvalue weighted by Crippen LogP contribution is -2.02. The third-order valence-electron chi connectivity index (χ3n) is 8.11. The van der Waals surface area contributed by atoms with Crippen LogP contribution < -0.4 is 0 Å². The zero-order valence-electron chi connectivity index (χ0n) is 22.4. The van der Waals surface area contributed by atoms with Gasteiger partial charge in [0.15, 0.2) is 5.82 Å². The van der Waals surface area contributed by atoms with E-state index in [0.29, 0.717) is 5.82 Å². The van der Waals surface area contributed by atoms with Gasteiger partial charge in [0, 0.05) is 50.6 Å². The molecule has 196 valence electrons. The maximum Gasteiger partial charge on any atom is 0.161 e. The standard InChI is InChI=1S/C36H22N6/c1-3-11-23(12-4-1)36-38-20-19-30(40-36)42-29-18-10-8-16-26(29)32-33-27(21-37-22-39-33)31-25-15-7-9-17-28(25)41(34(31)35(32)42)24-13-5-2-6-14-24/h1-22H. The molecular formula is C36H22N6. The average Bonchev–Trinajstić information content (AvgIpc) is 3.60. The maximum atomic E-state index is 5.14. The summed E-state index contributed by atoms with van der Waals surface area (Å²) in [4.78, 5) is 19.2. The number of benzene rings is 5. The lowest BCUT2D eigenvalue weighted by atomic mass is 10.0. The average molecular weight is 539 g/mol. The Bertz CT molecular complexity index is 2460. The first-order valence-corrected chi connectivity index (χ1v) is 13.9. The van der Waals surface area contributed by atoms with E-state index in [-0.39, 0.29) is 0 Å². The summed E-state index contributed by atoms with van der Waals surface area (Å²) in [6, 6.07) is 39.8. The smallest absolute Gasteiger partial charge is 0.161 e. The molecule has 0 spiro atoms. The number of rotatable bonds is 3. The van der Waals surface area contributed by atoms with Gasteiger partial charge in [-0.15, -0.1) is 0 Å². The molecule has 6 heteroatoms. The topological polar surface area (TPSA) is 61.4 Å². The molecule has 0 radical (unpaired) electrons. The van der Waals surface area contributed by atoms with Gasteiger partial charge in [-0.25, -0.2) is 19.9 Å². The number of fused-ring (bicyclic) bond motifs is 10. The Kier molecular flexibility index (Phi) is 4.80. The fourth-order valence-electron chi connectivity index (χ4n) is 6.44. The van der Waals surface area contributed by atoms with Crippen molar-refractivity contribution in [2.45, 2.75) is 0 Å². The van der Waals surface area contributed by atoms with E-state index in [1.807, 2.05) is 48.8 Å². The SMILES string of the molecule is c1ccc(-c2nccc(-n3c4ccccc4c4c5ncncc5c5c6ccccc6n(-c6ccccc6)c5c43)n2)cc1. The van der Waals surface area contributed by atoms with Crippen LogP contribution in [0.15, 0.2) is 134 Å². The van der Waals surface area contributed by atoms with Gasteiger partial charge in [-0.2, -0.15) is 0 Å². The quantitative estimate of drug-likeness (QED) is 0.227. The second-order valence-electron chi connectivity index (χ2n) is 10.4. The minimum atomic E-state index is 0.682. The van der Waals surface area contributed by atoms with Crippen LogP contribution in [0.25, 0.3) is 77.4 Å². The summed E-state index contributed by atoms with van der Waals surface area (Å²) in [6.07, 6.45) is 5.45. The van der Waals surface area contributed by atoms with Crippen LogP contribution in [-0.4, -0.2) is 29.1 Å². The van der Waals surface area contributed by atoms with Crippen LogP contribution in [-0.2, 0) is 0 Å². The minimum Gasteiger partial charge on any atom is -0.307 e. The van der Waals surface area contributed by atoms with Crippen LogP contribution in [0.5, 0.6) is 0 Å². The molecule has 9 rings (SSSR count). The first-order valence-electron chi connectivity index (χ1n) is 13.9. The van der Waals surface area contributed by atoms with E-state index in [2.05, 4.69) is 98.0 Å². The molecule has 0 saturated carbocycles.